The molecule has 2 amide bonds. The van der Waals surface area contributed by atoms with Crippen LogP contribution in [0.25, 0.3) is 5.78 Å². The number of hydrogen-bond acceptors (Lipinski definition) is 11. The van der Waals surface area contributed by atoms with E-state index >= 15 is 0 Å². The molecule has 0 unspecified atom stereocenters. The van der Waals surface area contributed by atoms with Gasteiger partial charge < -0.3 is 9.47 Å². The van der Waals surface area contributed by atoms with Crippen molar-refractivity contribution in [1.29, 1.82) is 0 Å². The molecular formula is C15H17N7O7S2. The van der Waals surface area contributed by atoms with Crippen molar-refractivity contribution in [1.82, 2.24) is 29.1 Å². The standard InChI is InChI=1S/C15H17N7O7S2/c1-4-30(24,25)11-12(22-7-5-6-16-14(22)19-11)31(26,27)21-15(23)20-13-17-9(28-2)8-10(18-13)29-3/h5-8H,4H2,1-3H3,(H2,17,18,20,21,23). The summed E-state index contributed by atoms with van der Waals surface area (Å²) in [7, 11) is -6.14. The average Bonchev–Trinajstić information content (AvgIpc) is 3.14. The van der Waals surface area contributed by atoms with Crippen LogP contribution in [0.5, 0.6) is 11.8 Å². The van der Waals surface area contributed by atoms with Crippen molar-refractivity contribution < 1.29 is 31.1 Å². The summed E-state index contributed by atoms with van der Waals surface area (Å²) >= 11 is 0. The van der Waals surface area contributed by atoms with Crippen molar-refractivity contribution in [3.05, 3.63) is 24.5 Å². The lowest BCUT2D eigenvalue weighted by atomic mass is 10.6. The fraction of sp³-hybridized carbons (Fsp3) is 0.267. The molecule has 3 aromatic rings. The summed E-state index contributed by atoms with van der Waals surface area (Å²) in [4.78, 5) is 27.7. The van der Waals surface area contributed by atoms with E-state index in [2.05, 4.69) is 25.3 Å². The Morgan fingerprint density at radius 1 is 1.10 bits per heavy atom. The number of carbonyl (C=O) groups excluding carboxylic acids is 1. The first-order valence-electron chi connectivity index (χ1n) is 8.48. The largest absolute Gasteiger partial charge is 0.481 e. The van der Waals surface area contributed by atoms with Gasteiger partial charge >= 0.3 is 6.03 Å². The first-order valence-corrected chi connectivity index (χ1v) is 11.6. The van der Waals surface area contributed by atoms with Gasteiger partial charge in [-0.05, 0) is 6.07 Å². The third kappa shape index (κ3) is 4.48. The Balaban J connectivity index is 1.99. The fourth-order valence-corrected chi connectivity index (χ4v) is 5.03. The summed E-state index contributed by atoms with van der Waals surface area (Å²) in [6.45, 7) is 1.33. The quantitative estimate of drug-likeness (QED) is 0.466. The molecule has 16 heteroatoms. The number of nitrogens with zero attached hydrogens (tertiary/aromatic N) is 5. The summed E-state index contributed by atoms with van der Waals surface area (Å²) < 4.78 is 63.2. The number of fused-ring (bicyclic) bond motifs is 1. The summed E-state index contributed by atoms with van der Waals surface area (Å²) in [5.41, 5.74) is 0. The second kappa shape index (κ2) is 8.31. The second-order valence-electron chi connectivity index (χ2n) is 5.75. The number of rotatable bonds is 7. The number of nitrogens with one attached hydrogen (secondary N) is 2. The van der Waals surface area contributed by atoms with E-state index in [1.807, 2.05) is 0 Å². The lowest BCUT2D eigenvalue weighted by molar-refractivity contribution is 0.256. The molecule has 31 heavy (non-hydrogen) atoms. The van der Waals surface area contributed by atoms with Crippen LogP contribution >= 0.6 is 0 Å². The molecule has 3 rings (SSSR count). The lowest BCUT2D eigenvalue weighted by Crippen LogP contribution is -2.36. The molecule has 0 aromatic carbocycles. The highest BCUT2D eigenvalue weighted by atomic mass is 32.2. The van der Waals surface area contributed by atoms with E-state index in [0.29, 0.717) is 0 Å². The zero-order chi connectivity index (χ0) is 22.8. The van der Waals surface area contributed by atoms with Gasteiger partial charge in [-0.2, -0.15) is 23.4 Å². The average molecular weight is 471 g/mol. The molecule has 0 saturated carbocycles. The molecule has 14 nitrogen and oxygen atoms in total. The predicted octanol–water partition coefficient (Wildman–Crippen LogP) is -0.159. The molecule has 0 aliphatic heterocycles. The molecule has 0 fully saturated rings. The van der Waals surface area contributed by atoms with E-state index in [9.17, 15) is 21.6 Å². The van der Waals surface area contributed by atoms with Crippen LogP contribution in [0.3, 0.4) is 0 Å². The van der Waals surface area contributed by atoms with E-state index < -0.39 is 41.7 Å². The molecule has 166 valence electrons. The topological polar surface area (TPSA) is 184 Å². The minimum Gasteiger partial charge on any atom is -0.481 e. The van der Waals surface area contributed by atoms with Gasteiger partial charge in [0.2, 0.25) is 28.5 Å². The van der Waals surface area contributed by atoms with Gasteiger partial charge in [-0.3, -0.25) is 9.72 Å². The molecular weight excluding hydrogens is 454 g/mol. The molecule has 0 aliphatic carbocycles. The van der Waals surface area contributed by atoms with Crippen molar-refractivity contribution in [3.63, 3.8) is 0 Å². The third-order valence-electron chi connectivity index (χ3n) is 3.81. The van der Waals surface area contributed by atoms with E-state index in [1.54, 1.807) is 4.72 Å². The molecule has 3 aromatic heterocycles. The molecule has 0 spiro atoms. The van der Waals surface area contributed by atoms with E-state index in [4.69, 9.17) is 9.47 Å². The van der Waals surface area contributed by atoms with Gasteiger partial charge in [-0.15, -0.1) is 0 Å². The second-order valence-corrected chi connectivity index (χ2v) is 9.54. The number of hydrogen-bond donors (Lipinski definition) is 2. The van der Waals surface area contributed by atoms with Gasteiger partial charge in [0, 0.05) is 12.4 Å². The van der Waals surface area contributed by atoms with E-state index in [0.717, 1.165) is 4.40 Å². The number of amides is 2. The Morgan fingerprint density at radius 3 is 2.32 bits per heavy atom. The van der Waals surface area contributed by atoms with Crippen LogP contribution in [-0.4, -0.2) is 67.2 Å². The lowest BCUT2D eigenvalue weighted by Gasteiger charge is -2.10. The maximum absolute atomic E-state index is 12.9. The number of ether oxygens (including phenoxy) is 2. The first kappa shape index (κ1) is 22.2. The van der Waals surface area contributed by atoms with Crippen LogP contribution < -0.4 is 19.5 Å². The number of anilines is 1. The van der Waals surface area contributed by atoms with Crippen LogP contribution in [0, 0.1) is 0 Å². The molecule has 3 heterocycles. The Bertz CT molecular complexity index is 1330. The predicted molar refractivity (Wildman–Crippen MR) is 105 cm³/mol. The van der Waals surface area contributed by atoms with Crippen molar-refractivity contribution in [2.45, 2.75) is 17.0 Å². The Morgan fingerprint density at radius 2 is 1.74 bits per heavy atom. The van der Waals surface area contributed by atoms with E-state index in [-0.39, 0.29) is 23.5 Å². The summed E-state index contributed by atoms with van der Waals surface area (Å²) in [6, 6.07) is 1.47. The van der Waals surface area contributed by atoms with Gasteiger partial charge in [0.05, 0.1) is 26.0 Å². The number of aromatic nitrogens is 5. The van der Waals surface area contributed by atoms with Gasteiger partial charge in [-0.1, -0.05) is 6.92 Å². The highest BCUT2D eigenvalue weighted by molar-refractivity contribution is 7.93. The number of methoxy groups -OCH3 is 2. The Labute approximate surface area is 176 Å². The molecule has 0 atom stereocenters. The van der Waals surface area contributed by atoms with Crippen molar-refractivity contribution in [3.8, 4) is 11.8 Å². The molecule has 0 aliphatic rings. The fourth-order valence-electron chi connectivity index (χ4n) is 2.40. The summed E-state index contributed by atoms with van der Waals surface area (Å²) in [6.07, 6.45) is 2.57. The van der Waals surface area contributed by atoms with E-state index in [1.165, 1.54) is 45.7 Å². The Kier molecular flexibility index (Phi) is 5.94. The maximum Gasteiger partial charge on any atom is 0.335 e. The zero-order valence-corrected chi connectivity index (χ0v) is 18.1. The van der Waals surface area contributed by atoms with Crippen molar-refractivity contribution in [2.75, 3.05) is 25.3 Å². The van der Waals surface area contributed by atoms with Crippen molar-refractivity contribution >= 4 is 37.6 Å². The van der Waals surface area contributed by atoms with Crippen LogP contribution in [0.4, 0.5) is 10.7 Å². The minimum absolute atomic E-state index is 0.0502. The minimum atomic E-state index is -4.72. The third-order valence-corrected chi connectivity index (χ3v) is 6.93. The smallest absolute Gasteiger partial charge is 0.335 e. The summed E-state index contributed by atoms with van der Waals surface area (Å²) in [5, 5.41) is 0.642. The van der Waals surface area contributed by atoms with Crippen molar-refractivity contribution in [2.24, 2.45) is 0 Å². The van der Waals surface area contributed by atoms with Crippen LogP contribution in [0.15, 0.2) is 34.6 Å². The monoisotopic (exact) mass is 471 g/mol. The Hall–Kier alpha value is -3.53. The maximum atomic E-state index is 12.9. The number of sulfone groups is 1. The highest BCUT2D eigenvalue weighted by Crippen LogP contribution is 2.23. The van der Waals surface area contributed by atoms with Gasteiger partial charge in [0.25, 0.3) is 10.0 Å². The summed E-state index contributed by atoms with van der Waals surface area (Å²) in [5.74, 6) is -0.798. The molecule has 0 bridgehead atoms. The number of carbonyl (C=O) groups is 1. The highest BCUT2D eigenvalue weighted by Gasteiger charge is 2.33. The SMILES string of the molecule is CCS(=O)(=O)c1nc2ncccn2c1S(=O)(=O)NC(=O)Nc1nc(OC)cc(OC)n1. The van der Waals surface area contributed by atoms with Crippen LogP contribution in [0.2, 0.25) is 0 Å². The van der Waals surface area contributed by atoms with Gasteiger partial charge in [0.15, 0.2) is 14.9 Å². The van der Waals surface area contributed by atoms with Crippen LogP contribution in [0.1, 0.15) is 6.92 Å². The first-order chi connectivity index (χ1) is 14.6. The van der Waals surface area contributed by atoms with Gasteiger partial charge in [0.1, 0.15) is 0 Å². The molecule has 0 saturated heterocycles. The normalized spacial score (nSPS) is 11.8. The number of urea groups is 1. The van der Waals surface area contributed by atoms with Gasteiger partial charge in [-0.25, -0.2) is 22.9 Å². The van der Waals surface area contributed by atoms with Crippen LogP contribution in [-0.2, 0) is 19.9 Å². The molecule has 0 radical (unpaired) electrons. The zero-order valence-electron chi connectivity index (χ0n) is 16.4. The molecule has 2 N–H and O–H groups in total. The number of imidazole rings is 1. The number of sulfonamides is 1.